The molecule has 1 atom stereocenters. The van der Waals surface area contributed by atoms with E-state index in [1.807, 2.05) is 38.1 Å². The van der Waals surface area contributed by atoms with Crippen molar-refractivity contribution in [3.05, 3.63) is 40.4 Å². The fourth-order valence-corrected chi connectivity index (χ4v) is 2.05. The average molecular weight is 299 g/mol. The fraction of sp³-hybridized carbons (Fsp3) is 0.250. The Labute approximate surface area is 121 Å². The predicted octanol–water partition coefficient (Wildman–Crippen LogP) is 2.22. The predicted molar refractivity (Wildman–Crippen MR) is 78.6 cm³/mol. The first-order chi connectivity index (χ1) is 8.56. The molecule has 0 radical (unpaired) electrons. The molecule has 19 heavy (non-hydrogen) atoms. The maximum absolute atomic E-state index is 11.9. The summed E-state index contributed by atoms with van der Waals surface area (Å²) in [4.78, 5) is 11.9. The zero-order chi connectivity index (χ0) is 13.1. The second-order valence-corrected chi connectivity index (χ2v) is 5.19. The largest absolute Gasteiger partial charge is 0.316 e. The molecule has 0 fully saturated rings. The molecule has 1 unspecified atom stereocenters. The molecule has 2 rings (SSSR count). The summed E-state index contributed by atoms with van der Waals surface area (Å²) < 4.78 is 0. The van der Waals surface area contributed by atoms with Gasteiger partial charge in [0, 0.05) is 0 Å². The summed E-state index contributed by atoms with van der Waals surface area (Å²) in [7, 11) is 0. The number of rotatable bonds is 3. The number of nitrogens with two attached hydrogens (primary N) is 1. The molecule has 0 bridgehead atoms. The fourth-order valence-electron chi connectivity index (χ4n) is 1.46. The molecule has 1 heterocycles. The van der Waals surface area contributed by atoms with Gasteiger partial charge in [0.15, 0.2) is 0 Å². The second kappa shape index (κ2) is 6.60. The Bertz CT molecular complexity index is 555. The first kappa shape index (κ1) is 15.6. The number of amides is 1. The van der Waals surface area contributed by atoms with Crippen molar-refractivity contribution in [2.75, 3.05) is 5.32 Å². The molecular weight excluding hydrogens is 284 g/mol. The number of aryl methyl sites for hydroxylation is 2. The first-order valence-corrected chi connectivity index (χ1v) is 6.31. The molecule has 0 aliphatic carbocycles. The van der Waals surface area contributed by atoms with E-state index in [0.717, 1.165) is 16.1 Å². The van der Waals surface area contributed by atoms with Gasteiger partial charge in [0.1, 0.15) is 11.0 Å². The Morgan fingerprint density at radius 1 is 1.26 bits per heavy atom. The molecule has 0 saturated heterocycles. The van der Waals surface area contributed by atoms with Crippen molar-refractivity contribution in [2.45, 2.75) is 19.9 Å². The smallest absolute Gasteiger partial charge is 0.247 e. The number of carbonyl (C=O) groups is 1. The number of hydrogen-bond donors (Lipinski definition) is 2. The number of anilines is 1. The van der Waals surface area contributed by atoms with Crippen molar-refractivity contribution in [3.8, 4) is 0 Å². The molecule has 3 N–H and O–H groups in total. The Hall–Kier alpha value is -1.50. The minimum absolute atomic E-state index is 0. The highest BCUT2D eigenvalue weighted by atomic mass is 35.5. The third kappa shape index (κ3) is 3.99. The summed E-state index contributed by atoms with van der Waals surface area (Å²) in [6, 6.07) is 6.86. The van der Waals surface area contributed by atoms with E-state index in [9.17, 15) is 4.79 Å². The topological polar surface area (TPSA) is 80.9 Å². The second-order valence-electron chi connectivity index (χ2n) is 4.00. The van der Waals surface area contributed by atoms with E-state index in [1.54, 1.807) is 0 Å². The van der Waals surface area contributed by atoms with E-state index in [0.29, 0.717) is 5.13 Å². The van der Waals surface area contributed by atoms with Crippen molar-refractivity contribution in [1.82, 2.24) is 10.2 Å². The van der Waals surface area contributed by atoms with Crippen molar-refractivity contribution < 1.29 is 4.79 Å². The SMILES string of the molecule is Cc1ccc(C(N)C(=O)Nc2nnc(C)s2)cc1.Cl. The summed E-state index contributed by atoms with van der Waals surface area (Å²) in [5, 5.41) is 11.6. The maximum Gasteiger partial charge on any atom is 0.247 e. The molecule has 2 aromatic rings. The summed E-state index contributed by atoms with van der Waals surface area (Å²) in [5.74, 6) is -0.282. The molecule has 1 aromatic carbocycles. The van der Waals surface area contributed by atoms with Crippen molar-refractivity contribution in [3.63, 3.8) is 0 Å². The number of aromatic nitrogens is 2. The minimum atomic E-state index is -0.699. The van der Waals surface area contributed by atoms with E-state index in [-0.39, 0.29) is 18.3 Å². The molecule has 102 valence electrons. The van der Waals surface area contributed by atoms with Crippen molar-refractivity contribution in [2.24, 2.45) is 5.73 Å². The van der Waals surface area contributed by atoms with Gasteiger partial charge in [0.25, 0.3) is 0 Å². The number of benzene rings is 1. The zero-order valence-corrected chi connectivity index (χ0v) is 12.2. The molecular formula is C12H15ClN4OS. The highest BCUT2D eigenvalue weighted by Crippen LogP contribution is 2.17. The number of halogens is 1. The van der Waals surface area contributed by atoms with Gasteiger partial charge in [-0.3, -0.25) is 10.1 Å². The van der Waals surface area contributed by atoms with E-state index >= 15 is 0 Å². The van der Waals surface area contributed by atoms with E-state index in [2.05, 4.69) is 15.5 Å². The lowest BCUT2D eigenvalue weighted by Crippen LogP contribution is -2.27. The van der Waals surface area contributed by atoms with Crippen LogP contribution in [-0.4, -0.2) is 16.1 Å². The van der Waals surface area contributed by atoms with Crippen LogP contribution in [0.25, 0.3) is 0 Å². The highest BCUT2D eigenvalue weighted by molar-refractivity contribution is 7.15. The van der Waals surface area contributed by atoms with Gasteiger partial charge >= 0.3 is 0 Å². The van der Waals surface area contributed by atoms with Crippen LogP contribution in [0.3, 0.4) is 0 Å². The Morgan fingerprint density at radius 3 is 2.42 bits per heavy atom. The normalized spacial score (nSPS) is 11.5. The van der Waals surface area contributed by atoms with Crippen LogP contribution in [0, 0.1) is 13.8 Å². The van der Waals surface area contributed by atoms with Crippen LogP contribution in [0.5, 0.6) is 0 Å². The molecule has 1 amide bonds. The Balaban J connectivity index is 0.00000180. The number of hydrogen-bond acceptors (Lipinski definition) is 5. The quantitative estimate of drug-likeness (QED) is 0.910. The van der Waals surface area contributed by atoms with Gasteiger partial charge in [-0.25, -0.2) is 0 Å². The lowest BCUT2D eigenvalue weighted by molar-refractivity contribution is -0.117. The molecule has 7 heteroatoms. The van der Waals surface area contributed by atoms with Crippen molar-refractivity contribution in [1.29, 1.82) is 0 Å². The van der Waals surface area contributed by atoms with Crippen LogP contribution in [0.1, 0.15) is 22.2 Å². The molecule has 0 aliphatic heterocycles. The van der Waals surface area contributed by atoms with Crippen LogP contribution < -0.4 is 11.1 Å². The monoisotopic (exact) mass is 298 g/mol. The van der Waals surface area contributed by atoms with Crippen LogP contribution in [0.2, 0.25) is 0 Å². The molecule has 0 aliphatic rings. The van der Waals surface area contributed by atoms with Gasteiger partial charge in [-0.15, -0.1) is 22.6 Å². The number of carbonyl (C=O) groups excluding carboxylic acids is 1. The highest BCUT2D eigenvalue weighted by Gasteiger charge is 2.17. The maximum atomic E-state index is 11.9. The third-order valence-electron chi connectivity index (χ3n) is 2.48. The van der Waals surface area contributed by atoms with Crippen LogP contribution in [-0.2, 0) is 4.79 Å². The summed E-state index contributed by atoms with van der Waals surface area (Å²) in [6.45, 7) is 3.81. The van der Waals surface area contributed by atoms with E-state index in [1.165, 1.54) is 11.3 Å². The summed E-state index contributed by atoms with van der Waals surface area (Å²) in [5.41, 5.74) is 7.80. The Morgan fingerprint density at radius 2 is 1.89 bits per heavy atom. The first-order valence-electron chi connectivity index (χ1n) is 5.49. The van der Waals surface area contributed by atoms with Gasteiger partial charge < -0.3 is 5.73 Å². The van der Waals surface area contributed by atoms with Gasteiger partial charge in [-0.1, -0.05) is 41.2 Å². The van der Waals surface area contributed by atoms with Gasteiger partial charge in [0.05, 0.1) is 0 Å². The van der Waals surface area contributed by atoms with E-state index in [4.69, 9.17) is 5.73 Å². The lowest BCUT2D eigenvalue weighted by Gasteiger charge is -2.10. The van der Waals surface area contributed by atoms with Crippen LogP contribution >= 0.6 is 23.7 Å². The minimum Gasteiger partial charge on any atom is -0.316 e. The molecule has 0 spiro atoms. The van der Waals surface area contributed by atoms with E-state index < -0.39 is 6.04 Å². The van der Waals surface area contributed by atoms with Crippen molar-refractivity contribution >= 4 is 34.8 Å². The standard InChI is InChI=1S/C12H14N4OS.ClH/c1-7-3-5-9(6-4-7)10(13)11(17)14-12-16-15-8(2)18-12;/h3-6,10H,13H2,1-2H3,(H,14,16,17);1H. The zero-order valence-electron chi connectivity index (χ0n) is 10.6. The Kier molecular flexibility index (Phi) is 5.41. The summed E-state index contributed by atoms with van der Waals surface area (Å²) >= 11 is 1.32. The van der Waals surface area contributed by atoms with Gasteiger partial charge in [-0.2, -0.15) is 0 Å². The summed E-state index contributed by atoms with van der Waals surface area (Å²) in [6.07, 6.45) is 0. The van der Waals surface area contributed by atoms with Gasteiger partial charge in [-0.05, 0) is 19.4 Å². The average Bonchev–Trinajstić information content (AvgIpc) is 2.75. The molecule has 5 nitrogen and oxygen atoms in total. The van der Waals surface area contributed by atoms with Gasteiger partial charge in [0.2, 0.25) is 11.0 Å². The van der Waals surface area contributed by atoms with Crippen LogP contribution in [0.4, 0.5) is 5.13 Å². The molecule has 0 saturated carbocycles. The van der Waals surface area contributed by atoms with Crippen LogP contribution in [0.15, 0.2) is 24.3 Å². The number of nitrogens with zero attached hydrogens (tertiary/aromatic N) is 2. The lowest BCUT2D eigenvalue weighted by atomic mass is 10.1. The number of nitrogens with one attached hydrogen (secondary N) is 1. The molecule has 1 aromatic heterocycles. The third-order valence-corrected chi connectivity index (χ3v) is 3.23.